The molecule has 0 saturated carbocycles. The molecule has 1 aliphatic heterocycles. The first-order chi connectivity index (χ1) is 17.3. The SMILES string of the molecule is Cc1nc(N2CCOCC2)c(NC(=O)c2ccnc(C(C)(C)O)c2)cc1-c1ccnc(NCCO)c1. The summed E-state index contributed by atoms with van der Waals surface area (Å²) >= 11 is 0. The highest BCUT2D eigenvalue weighted by molar-refractivity contribution is 6.06. The van der Waals surface area contributed by atoms with Crippen LogP contribution in [0.4, 0.5) is 17.3 Å². The zero-order chi connectivity index (χ0) is 25.7. The van der Waals surface area contributed by atoms with Gasteiger partial charge >= 0.3 is 0 Å². The molecule has 190 valence electrons. The third kappa shape index (κ3) is 5.96. The number of aliphatic hydroxyl groups excluding tert-OH is 1. The average Bonchev–Trinajstić information content (AvgIpc) is 2.88. The van der Waals surface area contributed by atoms with Gasteiger partial charge in [-0.15, -0.1) is 0 Å². The van der Waals surface area contributed by atoms with Gasteiger partial charge in [0.05, 0.1) is 31.2 Å². The van der Waals surface area contributed by atoms with E-state index in [1.807, 2.05) is 25.1 Å². The van der Waals surface area contributed by atoms with Crippen molar-refractivity contribution < 1.29 is 19.7 Å². The van der Waals surface area contributed by atoms with Gasteiger partial charge in [0.25, 0.3) is 5.91 Å². The van der Waals surface area contributed by atoms with Crippen LogP contribution in [0.3, 0.4) is 0 Å². The van der Waals surface area contributed by atoms with Gasteiger partial charge in [0.2, 0.25) is 0 Å². The Bertz CT molecular complexity index is 1220. The van der Waals surface area contributed by atoms with E-state index in [-0.39, 0.29) is 12.5 Å². The highest BCUT2D eigenvalue weighted by Crippen LogP contribution is 2.33. The molecule has 10 nitrogen and oxygen atoms in total. The Morgan fingerprint density at radius 1 is 1.14 bits per heavy atom. The normalized spacial score (nSPS) is 14.0. The number of rotatable bonds is 8. The number of nitrogens with zero attached hydrogens (tertiary/aromatic N) is 4. The molecule has 10 heteroatoms. The number of aryl methyl sites for hydroxylation is 1. The second-order valence-corrected chi connectivity index (χ2v) is 9.11. The summed E-state index contributed by atoms with van der Waals surface area (Å²) in [6.45, 7) is 8.08. The molecule has 36 heavy (non-hydrogen) atoms. The predicted octanol–water partition coefficient (Wildman–Crippen LogP) is 2.57. The first kappa shape index (κ1) is 25.5. The third-order valence-corrected chi connectivity index (χ3v) is 5.89. The summed E-state index contributed by atoms with van der Waals surface area (Å²) in [6, 6.07) is 8.90. The van der Waals surface area contributed by atoms with Crippen LogP contribution < -0.4 is 15.5 Å². The molecular formula is C26H32N6O4. The molecule has 0 unspecified atom stereocenters. The summed E-state index contributed by atoms with van der Waals surface area (Å²) in [7, 11) is 0. The molecule has 0 aliphatic carbocycles. The fourth-order valence-corrected chi connectivity index (χ4v) is 3.97. The second kappa shape index (κ2) is 11.0. The van der Waals surface area contributed by atoms with Crippen molar-refractivity contribution in [3.63, 3.8) is 0 Å². The monoisotopic (exact) mass is 492 g/mol. The first-order valence-corrected chi connectivity index (χ1v) is 11.9. The molecule has 0 radical (unpaired) electrons. The number of hydrogen-bond acceptors (Lipinski definition) is 9. The molecule has 0 bridgehead atoms. The number of morpholine rings is 1. The molecule has 4 N–H and O–H groups in total. The Labute approximate surface area is 210 Å². The van der Waals surface area contributed by atoms with E-state index >= 15 is 0 Å². The first-order valence-electron chi connectivity index (χ1n) is 11.9. The summed E-state index contributed by atoms with van der Waals surface area (Å²) < 4.78 is 5.51. The summed E-state index contributed by atoms with van der Waals surface area (Å²) in [5.41, 5.74) is 2.74. The molecule has 1 amide bonds. The summed E-state index contributed by atoms with van der Waals surface area (Å²) in [5, 5.41) is 25.5. The lowest BCUT2D eigenvalue weighted by molar-refractivity contribution is 0.0737. The standard InChI is InChI=1S/C26H32N6O4/c1-17-20(18-4-7-28-23(15-18)29-8-11-33)16-21(24(30-17)32-9-12-36-13-10-32)31-25(34)19-5-6-27-22(14-19)26(2,3)35/h4-7,14-16,33,35H,8-13H2,1-3H3,(H,28,29)(H,31,34). The van der Waals surface area contributed by atoms with Gasteiger partial charge in [-0.2, -0.15) is 0 Å². The molecule has 1 aliphatic rings. The van der Waals surface area contributed by atoms with Gasteiger partial charge in [0.1, 0.15) is 11.4 Å². The smallest absolute Gasteiger partial charge is 0.255 e. The summed E-state index contributed by atoms with van der Waals surface area (Å²) in [5.74, 6) is 0.992. The zero-order valence-corrected chi connectivity index (χ0v) is 20.8. The number of aromatic nitrogens is 3. The topological polar surface area (TPSA) is 133 Å². The van der Waals surface area contributed by atoms with Crippen molar-refractivity contribution in [2.24, 2.45) is 0 Å². The van der Waals surface area contributed by atoms with Crippen LogP contribution in [0.5, 0.6) is 0 Å². The van der Waals surface area contributed by atoms with Crippen LogP contribution in [0, 0.1) is 6.92 Å². The lowest BCUT2D eigenvalue weighted by atomic mass is 10.0. The van der Waals surface area contributed by atoms with Crippen LogP contribution >= 0.6 is 0 Å². The number of carbonyl (C=O) groups excluding carboxylic acids is 1. The minimum atomic E-state index is -1.17. The van der Waals surface area contributed by atoms with Crippen LogP contribution in [-0.2, 0) is 10.3 Å². The molecule has 3 aromatic rings. The Kier molecular flexibility index (Phi) is 7.78. The van der Waals surface area contributed by atoms with Crippen molar-refractivity contribution in [2.75, 3.05) is 55.0 Å². The van der Waals surface area contributed by atoms with Crippen molar-refractivity contribution in [1.29, 1.82) is 0 Å². The fourth-order valence-electron chi connectivity index (χ4n) is 3.97. The molecule has 0 atom stereocenters. The Balaban J connectivity index is 1.72. The minimum absolute atomic E-state index is 0.00109. The number of carbonyl (C=O) groups is 1. The van der Waals surface area contributed by atoms with Gasteiger partial charge in [-0.3, -0.25) is 9.78 Å². The average molecular weight is 493 g/mol. The number of pyridine rings is 3. The third-order valence-electron chi connectivity index (χ3n) is 5.89. The van der Waals surface area contributed by atoms with E-state index in [9.17, 15) is 9.90 Å². The Hall–Kier alpha value is -3.60. The van der Waals surface area contributed by atoms with E-state index in [1.54, 1.807) is 32.2 Å². The molecule has 0 aromatic carbocycles. The molecule has 4 rings (SSSR count). The number of anilines is 3. The number of amides is 1. The summed E-state index contributed by atoms with van der Waals surface area (Å²) in [4.78, 5) is 28.8. The molecule has 3 aromatic heterocycles. The number of nitrogens with one attached hydrogen (secondary N) is 2. The molecule has 4 heterocycles. The van der Waals surface area contributed by atoms with Gasteiger partial charge in [0, 0.05) is 48.8 Å². The van der Waals surface area contributed by atoms with Crippen LogP contribution in [0.15, 0.2) is 42.7 Å². The minimum Gasteiger partial charge on any atom is -0.395 e. The van der Waals surface area contributed by atoms with Crippen molar-refractivity contribution in [3.05, 3.63) is 59.7 Å². The lowest BCUT2D eigenvalue weighted by Gasteiger charge is -2.30. The number of hydrogen-bond donors (Lipinski definition) is 4. The van der Waals surface area contributed by atoms with Crippen molar-refractivity contribution in [2.45, 2.75) is 26.4 Å². The fraction of sp³-hybridized carbons (Fsp3) is 0.385. The van der Waals surface area contributed by atoms with E-state index < -0.39 is 5.60 Å². The van der Waals surface area contributed by atoms with E-state index in [1.165, 1.54) is 6.20 Å². The van der Waals surface area contributed by atoms with E-state index in [4.69, 9.17) is 14.8 Å². The van der Waals surface area contributed by atoms with Gasteiger partial charge in [-0.25, -0.2) is 9.97 Å². The Morgan fingerprint density at radius 2 is 1.89 bits per heavy atom. The van der Waals surface area contributed by atoms with E-state index in [2.05, 4.69) is 25.5 Å². The second-order valence-electron chi connectivity index (χ2n) is 9.11. The van der Waals surface area contributed by atoms with Gasteiger partial charge < -0.3 is 30.5 Å². The van der Waals surface area contributed by atoms with Crippen molar-refractivity contribution >= 4 is 23.2 Å². The molecule has 1 saturated heterocycles. The maximum Gasteiger partial charge on any atom is 0.255 e. The van der Waals surface area contributed by atoms with E-state index in [0.717, 1.165) is 16.8 Å². The molecule has 1 fully saturated rings. The number of aliphatic hydroxyl groups is 2. The van der Waals surface area contributed by atoms with Gasteiger partial charge in [0.15, 0.2) is 5.82 Å². The lowest BCUT2D eigenvalue weighted by Crippen LogP contribution is -2.37. The van der Waals surface area contributed by atoms with Crippen LogP contribution in [0.1, 0.15) is 35.6 Å². The van der Waals surface area contributed by atoms with Gasteiger partial charge in [-0.1, -0.05) is 0 Å². The van der Waals surface area contributed by atoms with Gasteiger partial charge in [-0.05, 0) is 56.7 Å². The maximum atomic E-state index is 13.3. The quantitative estimate of drug-likeness (QED) is 0.374. The van der Waals surface area contributed by atoms with Crippen LogP contribution in [-0.4, -0.2) is 70.5 Å². The van der Waals surface area contributed by atoms with E-state index in [0.29, 0.717) is 61.4 Å². The predicted molar refractivity (Wildman–Crippen MR) is 138 cm³/mol. The van der Waals surface area contributed by atoms with Crippen molar-refractivity contribution in [3.8, 4) is 11.1 Å². The van der Waals surface area contributed by atoms with Crippen LogP contribution in [0.2, 0.25) is 0 Å². The largest absolute Gasteiger partial charge is 0.395 e. The summed E-state index contributed by atoms with van der Waals surface area (Å²) in [6.07, 6.45) is 3.21. The van der Waals surface area contributed by atoms with Crippen molar-refractivity contribution in [1.82, 2.24) is 15.0 Å². The Morgan fingerprint density at radius 3 is 2.61 bits per heavy atom. The highest BCUT2D eigenvalue weighted by Gasteiger charge is 2.23. The number of ether oxygens (including phenoxy) is 1. The highest BCUT2D eigenvalue weighted by atomic mass is 16.5. The molecule has 0 spiro atoms. The maximum absolute atomic E-state index is 13.3. The molecular weight excluding hydrogens is 460 g/mol. The van der Waals surface area contributed by atoms with Crippen LogP contribution in [0.25, 0.3) is 11.1 Å². The zero-order valence-electron chi connectivity index (χ0n) is 20.8.